The molecule has 0 unspecified atom stereocenters. The summed E-state index contributed by atoms with van der Waals surface area (Å²) in [5, 5.41) is 13.9. The minimum Gasteiger partial charge on any atom is -0.385 e. The van der Waals surface area contributed by atoms with Crippen LogP contribution in [0.2, 0.25) is 0 Å². The SMILES string of the molecule is CC(C)[C@]1(C(=O)NCc2cccc(C(F)(F)F)c2)CC[C@@H](N2CCC(O)(c3ccc(F)cc3)CC2)CO1. The number of nitrogens with zero attached hydrogens (tertiary/aromatic N) is 1. The molecule has 0 aliphatic carbocycles. The van der Waals surface area contributed by atoms with Crippen molar-refractivity contribution in [2.24, 2.45) is 5.92 Å². The molecule has 0 aromatic heterocycles. The Morgan fingerprint density at radius 3 is 2.38 bits per heavy atom. The van der Waals surface area contributed by atoms with Gasteiger partial charge < -0.3 is 15.2 Å². The van der Waals surface area contributed by atoms with Gasteiger partial charge in [-0.2, -0.15) is 13.2 Å². The zero-order chi connectivity index (χ0) is 26.8. The van der Waals surface area contributed by atoms with Crippen molar-refractivity contribution < 1.29 is 32.2 Å². The van der Waals surface area contributed by atoms with Crippen molar-refractivity contribution >= 4 is 5.91 Å². The van der Waals surface area contributed by atoms with Gasteiger partial charge in [0.1, 0.15) is 11.4 Å². The Balaban J connectivity index is 1.34. The zero-order valence-electron chi connectivity index (χ0n) is 21.2. The first-order chi connectivity index (χ1) is 17.4. The topological polar surface area (TPSA) is 61.8 Å². The molecule has 0 saturated carbocycles. The zero-order valence-corrected chi connectivity index (χ0v) is 21.2. The maximum atomic E-state index is 13.3. The lowest BCUT2D eigenvalue weighted by Crippen LogP contribution is -2.59. The van der Waals surface area contributed by atoms with Crippen LogP contribution < -0.4 is 5.32 Å². The molecular formula is C28H34F4N2O3. The smallest absolute Gasteiger partial charge is 0.385 e. The molecule has 9 heteroatoms. The lowest BCUT2D eigenvalue weighted by atomic mass is 9.80. The van der Waals surface area contributed by atoms with Crippen LogP contribution in [0.25, 0.3) is 0 Å². The molecule has 2 saturated heterocycles. The molecule has 2 aromatic carbocycles. The Morgan fingerprint density at radius 1 is 1.14 bits per heavy atom. The van der Waals surface area contributed by atoms with Crippen LogP contribution in [0.5, 0.6) is 0 Å². The fourth-order valence-corrected chi connectivity index (χ4v) is 5.46. The quantitative estimate of drug-likeness (QED) is 0.524. The van der Waals surface area contributed by atoms with E-state index in [1.165, 1.54) is 18.2 Å². The second-order valence-corrected chi connectivity index (χ2v) is 10.5. The van der Waals surface area contributed by atoms with Gasteiger partial charge in [-0.25, -0.2) is 4.39 Å². The molecule has 2 aliphatic rings. The molecule has 2 atom stereocenters. The molecule has 2 N–H and O–H groups in total. The van der Waals surface area contributed by atoms with E-state index in [2.05, 4.69) is 10.2 Å². The first-order valence-corrected chi connectivity index (χ1v) is 12.7. The van der Waals surface area contributed by atoms with Crippen molar-refractivity contribution in [3.8, 4) is 0 Å². The van der Waals surface area contributed by atoms with Gasteiger partial charge >= 0.3 is 6.18 Å². The minimum atomic E-state index is -4.44. The first kappa shape index (κ1) is 27.5. The van der Waals surface area contributed by atoms with Crippen LogP contribution >= 0.6 is 0 Å². The number of ether oxygens (including phenoxy) is 1. The summed E-state index contributed by atoms with van der Waals surface area (Å²) in [5.74, 6) is -0.779. The van der Waals surface area contributed by atoms with E-state index in [1.807, 2.05) is 13.8 Å². The van der Waals surface area contributed by atoms with Crippen LogP contribution in [-0.4, -0.2) is 47.3 Å². The number of hydrogen-bond acceptors (Lipinski definition) is 4. The third kappa shape index (κ3) is 5.99. The molecule has 37 heavy (non-hydrogen) atoms. The molecule has 2 aromatic rings. The number of rotatable bonds is 6. The molecule has 0 bridgehead atoms. The van der Waals surface area contributed by atoms with Gasteiger partial charge in [-0.3, -0.25) is 9.69 Å². The van der Waals surface area contributed by atoms with E-state index >= 15 is 0 Å². The number of carbonyl (C=O) groups excluding carboxylic acids is 1. The Morgan fingerprint density at radius 2 is 1.81 bits per heavy atom. The Labute approximate surface area is 214 Å². The molecule has 0 spiro atoms. The van der Waals surface area contributed by atoms with Crippen LogP contribution in [0.3, 0.4) is 0 Å². The highest BCUT2D eigenvalue weighted by Crippen LogP contribution is 2.38. The summed E-state index contributed by atoms with van der Waals surface area (Å²) >= 11 is 0. The van der Waals surface area contributed by atoms with Gasteiger partial charge in [0, 0.05) is 25.7 Å². The van der Waals surface area contributed by atoms with Crippen molar-refractivity contribution in [1.29, 1.82) is 0 Å². The summed E-state index contributed by atoms with van der Waals surface area (Å²) in [6, 6.07) is 11.0. The Kier molecular flexibility index (Phi) is 7.97. The fourth-order valence-electron chi connectivity index (χ4n) is 5.46. The van der Waals surface area contributed by atoms with Crippen molar-refractivity contribution in [2.45, 2.75) is 69.5 Å². The van der Waals surface area contributed by atoms with Gasteiger partial charge in [0.2, 0.25) is 0 Å². The van der Waals surface area contributed by atoms with Gasteiger partial charge in [-0.15, -0.1) is 0 Å². The molecule has 2 heterocycles. The molecule has 4 rings (SSSR count). The van der Waals surface area contributed by atoms with Crippen molar-refractivity contribution in [1.82, 2.24) is 10.2 Å². The van der Waals surface area contributed by atoms with Crippen molar-refractivity contribution in [3.05, 3.63) is 71.0 Å². The number of hydrogen-bond donors (Lipinski definition) is 2. The molecule has 2 fully saturated rings. The number of benzene rings is 2. The van der Waals surface area contributed by atoms with Crippen LogP contribution in [0, 0.1) is 11.7 Å². The van der Waals surface area contributed by atoms with E-state index in [0.717, 1.165) is 18.6 Å². The van der Waals surface area contributed by atoms with Gasteiger partial charge in [-0.05, 0) is 67.0 Å². The summed E-state index contributed by atoms with van der Waals surface area (Å²) in [6.07, 6.45) is -2.19. The van der Waals surface area contributed by atoms with E-state index in [1.54, 1.807) is 18.2 Å². The fraction of sp³-hybridized carbons (Fsp3) is 0.536. The third-order valence-corrected chi connectivity index (χ3v) is 7.93. The van der Waals surface area contributed by atoms with Gasteiger partial charge in [-0.1, -0.05) is 38.1 Å². The number of carbonyl (C=O) groups is 1. The minimum absolute atomic E-state index is 0.0158. The maximum Gasteiger partial charge on any atom is 0.416 e. The molecular weight excluding hydrogens is 488 g/mol. The van der Waals surface area contributed by atoms with Crippen LogP contribution in [0.1, 0.15) is 56.2 Å². The van der Waals surface area contributed by atoms with E-state index < -0.39 is 22.9 Å². The average Bonchev–Trinajstić information content (AvgIpc) is 2.87. The number of likely N-dealkylation sites (tertiary alicyclic amines) is 1. The number of aliphatic hydroxyl groups is 1. The monoisotopic (exact) mass is 522 g/mol. The summed E-state index contributed by atoms with van der Waals surface area (Å²) in [5.41, 5.74) is -1.71. The van der Waals surface area contributed by atoms with Gasteiger partial charge in [0.15, 0.2) is 0 Å². The highest BCUT2D eigenvalue weighted by atomic mass is 19.4. The molecule has 202 valence electrons. The molecule has 1 amide bonds. The first-order valence-electron chi connectivity index (χ1n) is 12.7. The van der Waals surface area contributed by atoms with Gasteiger partial charge in [0.05, 0.1) is 17.8 Å². The predicted octanol–water partition coefficient (Wildman–Crippen LogP) is 5.02. The number of nitrogens with one attached hydrogen (secondary N) is 1. The largest absolute Gasteiger partial charge is 0.416 e. The molecule has 0 radical (unpaired) electrons. The van der Waals surface area contributed by atoms with Crippen molar-refractivity contribution in [2.75, 3.05) is 19.7 Å². The number of alkyl halides is 3. The Hall–Kier alpha value is -2.49. The predicted molar refractivity (Wildman–Crippen MR) is 131 cm³/mol. The highest BCUT2D eigenvalue weighted by molar-refractivity contribution is 5.85. The van der Waals surface area contributed by atoms with E-state index in [0.29, 0.717) is 50.1 Å². The van der Waals surface area contributed by atoms with E-state index in [4.69, 9.17) is 4.74 Å². The lowest BCUT2D eigenvalue weighted by Gasteiger charge is -2.47. The number of halogens is 4. The number of piperidine rings is 1. The van der Waals surface area contributed by atoms with Gasteiger partial charge in [0.25, 0.3) is 5.91 Å². The van der Waals surface area contributed by atoms with Crippen LogP contribution in [0.15, 0.2) is 48.5 Å². The van der Waals surface area contributed by atoms with E-state index in [9.17, 15) is 27.5 Å². The third-order valence-electron chi connectivity index (χ3n) is 7.93. The normalized spacial score (nSPS) is 24.7. The second-order valence-electron chi connectivity index (χ2n) is 10.5. The summed E-state index contributed by atoms with van der Waals surface area (Å²) in [7, 11) is 0. The van der Waals surface area contributed by atoms with Crippen LogP contribution in [-0.2, 0) is 27.9 Å². The second kappa shape index (κ2) is 10.7. The summed E-state index contributed by atoms with van der Waals surface area (Å²) in [6.45, 7) is 5.46. The summed E-state index contributed by atoms with van der Waals surface area (Å²) < 4.78 is 58.6. The maximum absolute atomic E-state index is 13.3. The molecule has 5 nitrogen and oxygen atoms in total. The Bertz CT molecular complexity index is 1070. The van der Waals surface area contributed by atoms with E-state index in [-0.39, 0.29) is 30.2 Å². The van der Waals surface area contributed by atoms with Crippen molar-refractivity contribution in [3.63, 3.8) is 0 Å². The summed E-state index contributed by atoms with van der Waals surface area (Å²) in [4.78, 5) is 15.5. The highest BCUT2D eigenvalue weighted by Gasteiger charge is 2.47. The van der Waals surface area contributed by atoms with Crippen LogP contribution in [0.4, 0.5) is 17.6 Å². The average molecular weight is 523 g/mol. The standard InChI is InChI=1S/C28H34F4N2O3/c1-19(2)27(25(35)33-17-20-4-3-5-22(16-20)28(30,31)32)11-10-24(18-37-27)34-14-12-26(36,13-15-34)21-6-8-23(29)9-7-21/h3-9,16,19,24,36H,10-15,17-18H2,1-2H3,(H,33,35)/t24-,27+/m1/s1. The number of amides is 1. The lowest BCUT2D eigenvalue weighted by molar-refractivity contribution is -0.172. The molecule has 2 aliphatic heterocycles.